The number of hydrogen-bond donors (Lipinski definition) is 1. The molecule has 1 atom stereocenters. The van der Waals surface area contributed by atoms with Crippen LogP contribution >= 0.6 is 0 Å². The maximum atomic E-state index is 11.4. The Morgan fingerprint density at radius 1 is 1.40 bits per heavy atom. The molecule has 4 nitrogen and oxygen atoms in total. The maximum Gasteiger partial charge on any atom is 0.303 e. The molecule has 15 heavy (non-hydrogen) atoms. The molecule has 0 amide bonds. The molecule has 0 aromatic rings. The second kappa shape index (κ2) is 6.71. The van der Waals surface area contributed by atoms with E-state index in [1.54, 1.807) is 6.21 Å². The number of carboxylic acids is 1. The highest BCUT2D eigenvalue weighted by Gasteiger charge is 2.17. The first kappa shape index (κ1) is 14.3. The van der Waals surface area contributed by atoms with Gasteiger partial charge in [0.25, 0.3) is 0 Å². The van der Waals surface area contributed by atoms with Crippen LogP contribution < -0.4 is 0 Å². The molecular formula is C10H19NO3S. The maximum absolute atomic E-state index is 11.4. The predicted molar refractivity (Wildman–Crippen MR) is 62.5 cm³/mol. The molecule has 1 unspecified atom stereocenters. The van der Waals surface area contributed by atoms with Gasteiger partial charge in [-0.2, -0.15) is 4.40 Å². The van der Waals surface area contributed by atoms with Crippen LogP contribution in [0.15, 0.2) is 4.40 Å². The summed E-state index contributed by atoms with van der Waals surface area (Å²) in [5, 5.41) is 8.38. The van der Waals surface area contributed by atoms with Crippen LogP contribution in [0.5, 0.6) is 0 Å². The third-order valence-corrected chi connectivity index (χ3v) is 3.06. The molecule has 0 aliphatic rings. The minimum atomic E-state index is -1.20. The van der Waals surface area contributed by atoms with Gasteiger partial charge in [-0.3, -0.25) is 4.79 Å². The second-order valence-electron chi connectivity index (χ2n) is 4.29. The fraction of sp³-hybridized carbons (Fsp3) is 0.800. The highest BCUT2D eigenvalue weighted by molar-refractivity contribution is 7.85. The molecule has 88 valence electrons. The van der Waals surface area contributed by atoms with Gasteiger partial charge in [0.1, 0.15) is 11.0 Å². The molecule has 0 saturated carbocycles. The van der Waals surface area contributed by atoms with Gasteiger partial charge < -0.3 is 5.11 Å². The fourth-order valence-corrected chi connectivity index (χ4v) is 1.35. The Morgan fingerprint density at radius 2 is 2.00 bits per heavy atom. The third-order valence-electron chi connectivity index (χ3n) is 1.67. The summed E-state index contributed by atoms with van der Waals surface area (Å²) in [5.74, 6) is -0.773. The van der Waals surface area contributed by atoms with Crippen LogP contribution in [0.3, 0.4) is 0 Å². The standard InChI is InChI=1S/C10H19NO3S/c1-10(2,3)15(14)11-8-6-4-5-7-9(12)13/h8H,4-7H2,1-3H3,(H,12,13). The van der Waals surface area contributed by atoms with Crippen LogP contribution in [0.2, 0.25) is 0 Å². The minimum absolute atomic E-state index is 0.191. The lowest BCUT2D eigenvalue weighted by Gasteiger charge is -2.12. The first-order valence-corrected chi connectivity index (χ1v) is 6.11. The lowest BCUT2D eigenvalue weighted by Crippen LogP contribution is -2.19. The molecule has 0 rings (SSSR count). The van der Waals surface area contributed by atoms with Crippen LogP contribution in [0.25, 0.3) is 0 Å². The zero-order valence-electron chi connectivity index (χ0n) is 9.52. The molecule has 1 N–H and O–H groups in total. The summed E-state index contributed by atoms with van der Waals surface area (Å²) >= 11 is 0. The van der Waals surface area contributed by atoms with Gasteiger partial charge in [-0.15, -0.1) is 0 Å². The second-order valence-corrected chi connectivity index (χ2v) is 6.22. The first-order chi connectivity index (χ1) is 6.84. The Balaban J connectivity index is 3.64. The van der Waals surface area contributed by atoms with E-state index >= 15 is 0 Å². The highest BCUT2D eigenvalue weighted by Crippen LogP contribution is 2.11. The molecule has 0 aromatic carbocycles. The van der Waals surface area contributed by atoms with Gasteiger partial charge in [0.2, 0.25) is 0 Å². The molecule has 5 heteroatoms. The lowest BCUT2D eigenvalue weighted by atomic mass is 10.2. The molecule has 0 bridgehead atoms. The number of unbranched alkanes of at least 4 members (excludes halogenated alkanes) is 2. The summed E-state index contributed by atoms with van der Waals surface area (Å²) in [6.07, 6.45) is 3.93. The number of carbonyl (C=O) groups is 1. The average molecular weight is 233 g/mol. The van der Waals surface area contributed by atoms with E-state index < -0.39 is 17.0 Å². The van der Waals surface area contributed by atoms with E-state index in [-0.39, 0.29) is 11.2 Å². The summed E-state index contributed by atoms with van der Waals surface area (Å²) in [6.45, 7) is 5.60. The highest BCUT2D eigenvalue weighted by atomic mass is 32.2. The van der Waals surface area contributed by atoms with Crippen molar-refractivity contribution in [3.05, 3.63) is 0 Å². The number of rotatable bonds is 6. The minimum Gasteiger partial charge on any atom is -0.481 e. The van der Waals surface area contributed by atoms with Crippen molar-refractivity contribution in [1.29, 1.82) is 0 Å². The molecule has 0 heterocycles. The molecule has 0 aromatic heterocycles. The van der Waals surface area contributed by atoms with Crippen molar-refractivity contribution in [1.82, 2.24) is 0 Å². The Labute approximate surface area is 93.4 Å². The summed E-state index contributed by atoms with van der Waals surface area (Å²) in [4.78, 5) is 10.2. The van der Waals surface area contributed by atoms with Crippen molar-refractivity contribution in [2.75, 3.05) is 0 Å². The zero-order chi connectivity index (χ0) is 11.9. The molecule has 0 saturated heterocycles. The smallest absolute Gasteiger partial charge is 0.303 e. The van der Waals surface area contributed by atoms with E-state index in [9.17, 15) is 9.00 Å². The van der Waals surface area contributed by atoms with Crippen molar-refractivity contribution in [3.63, 3.8) is 0 Å². The van der Waals surface area contributed by atoms with Crippen molar-refractivity contribution in [2.24, 2.45) is 4.40 Å². The largest absolute Gasteiger partial charge is 0.481 e. The molecule has 0 aliphatic carbocycles. The van der Waals surface area contributed by atoms with Gasteiger partial charge in [-0.05, 0) is 40.0 Å². The molecule has 0 spiro atoms. The lowest BCUT2D eigenvalue weighted by molar-refractivity contribution is -0.137. The van der Waals surface area contributed by atoms with Gasteiger partial charge in [0, 0.05) is 12.6 Å². The Bertz CT molecular complexity index is 256. The molecular weight excluding hydrogens is 214 g/mol. The van der Waals surface area contributed by atoms with Crippen LogP contribution in [-0.2, 0) is 15.8 Å². The van der Waals surface area contributed by atoms with Crippen molar-refractivity contribution < 1.29 is 14.1 Å². The van der Waals surface area contributed by atoms with Crippen LogP contribution in [0, 0.1) is 0 Å². The average Bonchev–Trinajstić information content (AvgIpc) is 2.08. The monoisotopic (exact) mass is 233 g/mol. The molecule has 0 aliphatic heterocycles. The third kappa shape index (κ3) is 8.30. The Hall–Kier alpha value is -0.710. The van der Waals surface area contributed by atoms with Crippen LogP contribution in [0.4, 0.5) is 0 Å². The van der Waals surface area contributed by atoms with E-state index in [1.165, 1.54) is 0 Å². The van der Waals surface area contributed by atoms with E-state index in [0.29, 0.717) is 12.8 Å². The van der Waals surface area contributed by atoms with E-state index in [1.807, 2.05) is 20.8 Å². The normalized spacial score (nSPS) is 14.3. The SMILES string of the molecule is CC(C)(C)S(=O)N=CCCCCC(=O)O. The van der Waals surface area contributed by atoms with Crippen LogP contribution in [0.1, 0.15) is 46.5 Å². The summed E-state index contributed by atoms with van der Waals surface area (Å²) in [5.41, 5.74) is 0. The summed E-state index contributed by atoms with van der Waals surface area (Å²) < 4.78 is 15.0. The van der Waals surface area contributed by atoms with E-state index in [0.717, 1.165) is 6.42 Å². The van der Waals surface area contributed by atoms with E-state index in [2.05, 4.69) is 4.40 Å². The molecule has 0 fully saturated rings. The van der Waals surface area contributed by atoms with Crippen molar-refractivity contribution in [3.8, 4) is 0 Å². The quantitative estimate of drug-likeness (QED) is 0.564. The van der Waals surface area contributed by atoms with Gasteiger partial charge in [-0.1, -0.05) is 0 Å². The fourth-order valence-electron chi connectivity index (χ4n) is 0.790. The summed E-state index contributed by atoms with van der Waals surface area (Å²) in [7, 11) is -1.20. The Morgan fingerprint density at radius 3 is 2.47 bits per heavy atom. The van der Waals surface area contributed by atoms with Crippen molar-refractivity contribution in [2.45, 2.75) is 51.2 Å². The number of carboxylic acid groups (broad SMARTS) is 1. The van der Waals surface area contributed by atoms with Gasteiger partial charge in [0.05, 0.1) is 4.75 Å². The number of nitrogens with zero attached hydrogens (tertiary/aromatic N) is 1. The number of aliphatic carboxylic acids is 1. The topological polar surface area (TPSA) is 66.7 Å². The molecule has 0 radical (unpaired) electrons. The van der Waals surface area contributed by atoms with E-state index in [4.69, 9.17) is 5.11 Å². The summed E-state index contributed by atoms with van der Waals surface area (Å²) in [6, 6.07) is 0. The van der Waals surface area contributed by atoms with Crippen molar-refractivity contribution >= 4 is 23.2 Å². The Kier molecular flexibility index (Phi) is 6.40. The zero-order valence-corrected chi connectivity index (χ0v) is 10.3. The van der Waals surface area contributed by atoms with Crippen LogP contribution in [-0.4, -0.2) is 26.2 Å². The van der Waals surface area contributed by atoms with Gasteiger partial charge in [0.15, 0.2) is 0 Å². The van der Waals surface area contributed by atoms with Gasteiger partial charge in [-0.25, -0.2) is 4.21 Å². The first-order valence-electron chi connectivity index (χ1n) is 5.00. The predicted octanol–water partition coefficient (Wildman–Crippen LogP) is 2.16. The van der Waals surface area contributed by atoms with Gasteiger partial charge >= 0.3 is 5.97 Å². The number of hydrogen-bond acceptors (Lipinski definition) is 2.